The van der Waals surface area contributed by atoms with Crippen molar-refractivity contribution in [2.45, 2.75) is 26.4 Å². The van der Waals surface area contributed by atoms with Crippen molar-refractivity contribution < 1.29 is 23.6 Å². The molecule has 27 heavy (non-hydrogen) atoms. The Kier molecular flexibility index (Phi) is 5.30. The zero-order chi connectivity index (χ0) is 19.4. The third kappa shape index (κ3) is 4.38. The number of rotatable bonds is 6. The third-order valence-electron chi connectivity index (χ3n) is 4.00. The van der Waals surface area contributed by atoms with Crippen molar-refractivity contribution >= 4 is 34.3 Å². The maximum absolute atomic E-state index is 12.2. The van der Waals surface area contributed by atoms with Crippen LogP contribution in [0.4, 0.5) is 5.69 Å². The molecule has 0 saturated carbocycles. The first kappa shape index (κ1) is 18.3. The Morgan fingerprint density at radius 3 is 2.52 bits per heavy atom. The van der Waals surface area contributed by atoms with Crippen molar-refractivity contribution in [3.8, 4) is 0 Å². The Bertz CT molecular complexity index is 991. The second-order valence-corrected chi connectivity index (χ2v) is 6.06. The largest absolute Gasteiger partial charge is 0.452 e. The van der Waals surface area contributed by atoms with E-state index >= 15 is 0 Å². The van der Waals surface area contributed by atoms with Crippen molar-refractivity contribution in [2.24, 2.45) is 0 Å². The molecule has 0 aliphatic heterocycles. The van der Waals surface area contributed by atoms with Crippen LogP contribution in [0.25, 0.3) is 11.0 Å². The van der Waals surface area contributed by atoms with E-state index in [0.29, 0.717) is 22.5 Å². The van der Waals surface area contributed by atoms with E-state index in [0.717, 1.165) is 5.39 Å². The highest BCUT2D eigenvalue weighted by Crippen LogP contribution is 2.18. The summed E-state index contributed by atoms with van der Waals surface area (Å²) in [5.74, 6) is -1.11. The molecule has 1 unspecified atom stereocenters. The minimum Gasteiger partial charge on any atom is -0.452 e. The molecule has 138 valence electrons. The van der Waals surface area contributed by atoms with Crippen molar-refractivity contribution in [3.05, 3.63) is 59.8 Å². The van der Waals surface area contributed by atoms with Gasteiger partial charge in [-0.2, -0.15) is 0 Å². The van der Waals surface area contributed by atoms with Gasteiger partial charge in [0, 0.05) is 16.6 Å². The molecule has 1 aromatic heterocycles. The van der Waals surface area contributed by atoms with Crippen molar-refractivity contribution in [2.75, 3.05) is 5.32 Å². The molecule has 3 aromatic rings. The lowest BCUT2D eigenvalue weighted by molar-refractivity contribution is -0.152. The van der Waals surface area contributed by atoms with Crippen molar-refractivity contribution in [1.82, 2.24) is 5.16 Å². The number of ketones is 1. The number of carbonyl (C=O) groups excluding carboxylic acids is 3. The van der Waals surface area contributed by atoms with Gasteiger partial charge in [-0.1, -0.05) is 17.3 Å². The zero-order valence-corrected chi connectivity index (χ0v) is 14.9. The fourth-order valence-electron chi connectivity index (χ4n) is 2.53. The molecular formula is C20H18N2O5. The molecule has 7 nitrogen and oxygen atoms in total. The SMILES string of the molecule is CC(=O)c1ccc(NC(=O)C(C)OC(=O)Cc2noc3ccccc23)cc1. The number of anilines is 1. The topological polar surface area (TPSA) is 98.5 Å². The van der Waals surface area contributed by atoms with Gasteiger partial charge in [-0.25, -0.2) is 0 Å². The molecule has 0 spiro atoms. The van der Waals surface area contributed by atoms with Gasteiger partial charge in [0.2, 0.25) is 0 Å². The van der Waals surface area contributed by atoms with Crippen LogP contribution in [0.2, 0.25) is 0 Å². The molecule has 0 saturated heterocycles. The summed E-state index contributed by atoms with van der Waals surface area (Å²) in [7, 11) is 0. The third-order valence-corrected chi connectivity index (χ3v) is 4.00. The molecule has 0 aliphatic rings. The smallest absolute Gasteiger partial charge is 0.312 e. The van der Waals surface area contributed by atoms with Gasteiger partial charge in [0.15, 0.2) is 17.5 Å². The van der Waals surface area contributed by atoms with Gasteiger partial charge in [0.1, 0.15) is 5.69 Å². The minimum atomic E-state index is -0.983. The maximum Gasteiger partial charge on any atom is 0.312 e. The van der Waals surface area contributed by atoms with Gasteiger partial charge in [-0.05, 0) is 50.2 Å². The number of aromatic nitrogens is 1. The average molecular weight is 366 g/mol. The Balaban J connectivity index is 1.57. The zero-order valence-electron chi connectivity index (χ0n) is 14.9. The number of carbonyl (C=O) groups is 3. The van der Waals surface area contributed by atoms with E-state index in [9.17, 15) is 14.4 Å². The summed E-state index contributed by atoms with van der Waals surface area (Å²) in [6.07, 6.45) is -1.08. The van der Waals surface area contributed by atoms with Crippen LogP contribution in [-0.2, 0) is 20.7 Å². The molecule has 2 aromatic carbocycles. The molecule has 0 aliphatic carbocycles. The molecule has 0 radical (unpaired) electrons. The first-order valence-electron chi connectivity index (χ1n) is 8.38. The molecule has 3 rings (SSSR count). The summed E-state index contributed by atoms with van der Waals surface area (Å²) in [4.78, 5) is 35.6. The van der Waals surface area contributed by atoms with E-state index < -0.39 is 18.0 Å². The Hall–Kier alpha value is -3.48. The summed E-state index contributed by atoms with van der Waals surface area (Å²) in [5, 5.41) is 7.25. The van der Waals surface area contributed by atoms with Gasteiger partial charge in [0.25, 0.3) is 5.91 Å². The molecule has 1 N–H and O–H groups in total. The van der Waals surface area contributed by atoms with E-state index in [2.05, 4.69) is 10.5 Å². The minimum absolute atomic E-state index is 0.0597. The molecule has 1 atom stereocenters. The van der Waals surface area contributed by atoms with Crippen LogP contribution in [-0.4, -0.2) is 28.9 Å². The fourth-order valence-corrected chi connectivity index (χ4v) is 2.53. The van der Waals surface area contributed by atoms with E-state index in [1.807, 2.05) is 12.1 Å². The molecule has 1 amide bonds. The summed E-state index contributed by atoms with van der Waals surface area (Å²) in [6.45, 7) is 2.95. The van der Waals surface area contributed by atoms with Crippen LogP contribution in [0.5, 0.6) is 0 Å². The quantitative estimate of drug-likeness (QED) is 0.531. The van der Waals surface area contributed by atoms with E-state index in [1.165, 1.54) is 13.8 Å². The van der Waals surface area contributed by atoms with Gasteiger partial charge < -0.3 is 14.6 Å². The van der Waals surface area contributed by atoms with Gasteiger partial charge in [-0.3, -0.25) is 14.4 Å². The summed E-state index contributed by atoms with van der Waals surface area (Å²) < 4.78 is 10.3. The van der Waals surface area contributed by atoms with Crippen LogP contribution < -0.4 is 5.32 Å². The normalized spacial score (nSPS) is 11.8. The number of hydrogen-bond acceptors (Lipinski definition) is 6. The number of Topliss-reactive ketones (excluding diaryl/α,β-unsaturated/α-hetero) is 1. The van der Waals surface area contributed by atoms with Crippen LogP contribution >= 0.6 is 0 Å². The number of esters is 1. The Labute approximate surface area is 155 Å². The first-order chi connectivity index (χ1) is 12.9. The summed E-state index contributed by atoms with van der Waals surface area (Å²) in [6, 6.07) is 13.6. The number of hydrogen-bond donors (Lipinski definition) is 1. The lowest BCUT2D eigenvalue weighted by Gasteiger charge is -2.13. The molecular weight excluding hydrogens is 348 g/mol. The number of ether oxygens (including phenoxy) is 1. The number of amides is 1. The summed E-state index contributed by atoms with van der Waals surface area (Å²) >= 11 is 0. The Morgan fingerprint density at radius 2 is 1.81 bits per heavy atom. The predicted molar refractivity (Wildman–Crippen MR) is 98.3 cm³/mol. The van der Waals surface area contributed by atoms with Crippen LogP contribution in [0.1, 0.15) is 29.9 Å². The Morgan fingerprint density at radius 1 is 1.11 bits per heavy atom. The fraction of sp³-hybridized carbons (Fsp3) is 0.200. The van der Waals surface area contributed by atoms with Crippen LogP contribution in [0.15, 0.2) is 53.1 Å². The van der Waals surface area contributed by atoms with E-state index in [4.69, 9.17) is 9.26 Å². The van der Waals surface area contributed by atoms with Gasteiger partial charge in [0.05, 0.1) is 6.42 Å². The average Bonchev–Trinajstić information content (AvgIpc) is 3.05. The predicted octanol–water partition coefficient (Wildman–Crippen LogP) is 3.14. The van der Waals surface area contributed by atoms with Crippen molar-refractivity contribution in [3.63, 3.8) is 0 Å². The molecule has 1 heterocycles. The number of fused-ring (bicyclic) bond motifs is 1. The second kappa shape index (κ2) is 7.82. The number of nitrogens with zero attached hydrogens (tertiary/aromatic N) is 1. The van der Waals surface area contributed by atoms with E-state index in [-0.39, 0.29) is 12.2 Å². The first-order valence-corrected chi connectivity index (χ1v) is 8.38. The molecule has 0 fully saturated rings. The highest BCUT2D eigenvalue weighted by Gasteiger charge is 2.20. The highest BCUT2D eigenvalue weighted by molar-refractivity contribution is 5.97. The molecule has 0 bridgehead atoms. The van der Waals surface area contributed by atoms with Gasteiger partial charge >= 0.3 is 5.97 Å². The van der Waals surface area contributed by atoms with Crippen molar-refractivity contribution in [1.29, 1.82) is 0 Å². The van der Waals surface area contributed by atoms with E-state index in [1.54, 1.807) is 36.4 Å². The van der Waals surface area contributed by atoms with Crippen LogP contribution in [0, 0.1) is 0 Å². The number of para-hydroxylation sites is 1. The monoisotopic (exact) mass is 366 g/mol. The van der Waals surface area contributed by atoms with Gasteiger partial charge in [-0.15, -0.1) is 0 Å². The standard InChI is InChI=1S/C20H18N2O5/c1-12(23)14-7-9-15(10-8-14)21-20(25)13(2)26-19(24)11-17-16-5-3-4-6-18(16)27-22-17/h3-10,13H,11H2,1-2H3,(H,21,25). The highest BCUT2D eigenvalue weighted by atomic mass is 16.5. The lowest BCUT2D eigenvalue weighted by atomic mass is 10.1. The maximum atomic E-state index is 12.2. The summed E-state index contributed by atoms with van der Waals surface area (Å²) in [5.41, 5.74) is 2.10. The lowest BCUT2D eigenvalue weighted by Crippen LogP contribution is -2.30. The second-order valence-electron chi connectivity index (χ2n) is 6.06. The number of nitrogens with one attached hydrogen (secondary N) is 1. The van der Waals surface area contributed by atoms with Crippen LogP contribution in [0.3, 0.4) is 0 Å². The molecule has 7 heteroatoms. The number of benzene rings is 2.